The molecule has 404 valence electrons. The molecule has 0 rings (SSSR count). The molecule has 0 aromatic rings. The van der Waals surface area contributed by atoms with Crippen LogP contribution in [0.2, 0.25) is 0 Å². The number of carboxylic acids is 2. The summed E-state index contributed by atoms with van der Waals surface area (Å²) in [6.07, 6.45) is 58.1. The van der Waals surface area contributed by atoms with Crippen LogP contribution < -0.4 is 10.2 Å². The third kappa shape index (κ3) is 66.5. The molecular weight excluding hydrogens is 914 g/mol. The van der Waals surface area contributed by atoms with Crippen LogP contribution in [0.5, 0.6) is 0 Å². The Balaban J connectivity index is -0.00000124. The van der Waals surface area contributed by atoms with Crippen molar-refractivity contribution in [3.8, 4) is 0 Å². The SMILES string of the molecule is CCCCCCCCCCCC(=O)OC(C)CCCCCCCCCCCCCCCC(=O)[O-].CCCCCCCCCCCC(=O)OC(C)CCCCCCCCCCCCCCCC(=O)[O-].[Zn+2]. The van der Waals surface area contributed by atoms with Crippen molar-refractivity contribution in [2.75, 3.05) is 0 Å². The van der Waals surface area contributed by atoms with Gasteiger partial charge in [-0.05, 0) is 78.1 Å². The van der Waals surface area contributed by atoms with Crippen LogP contribution in [-0.4, -0.2) is 36.1 Å². The van der Waals surface area contributed by atoms with Gasteiger partial charge in [0.05, 0.1) is 12.2 Å². The Hall–Kier alpha value is -1.50. The van der Waals surface area contributed by atoms with E-state index in [9.17, 15) is 29.4 Å². The van der Waals surface area contributed by atoms with Crippen molar-refractivity contribution in [3.63, 3.8) is 0 Å². The monoisotopic (exact) mass is 1030 g/mol. The summed E-state index contributed by atoms with van der Waals surface area (Å²) in [5.41, 5.74) is 0. The number of carboxylic acid groups (broad SMARTS) is 2. The van der Waals surface area contributed by atoms with Gasteiger partial charge in [0.1, 0.15) is 0 Å². The number of carbonyl (C=O) groups is 4. The molecule has 0 bridgehead atoms. The van der Waals surface area contributed by atoms with Crippen LogP contribution >= 0.6 is 0 Å². The molecule has 0 saturated heterocycles. The normalized spacial score (nSPS) is 11.9. The van der Waals surface area contributed by atoms with Crippen molar-refractivity contribution in [2.24, 2.45) is 0 Å². The van der Waals surface area contributed by atoms with Crippen molar-refractivity contribution in [1.82, 2.24) is 0 Å². The molecular formula is C60H114O8Zn. The van der Waals surface area contributed by atoms with E-state index in [-0.39, 0.29) is 56.5 Å². The van der Waals surface area contributed by atoms with Gasteiger partial charge in [-0.3, -0.25) is 9.59 Å². The second-order valence-corrected chi connectivity index (χ2v) is 20.8. The van der Waals surface area contributed by atoms with E-state index in [2.05, 4.69) is 13.8 Å². The molecule has 0 spiro atoms. The summed E-state index contributed by atoms with van der Waals surface area (Å²) in [6.45, 7) is 8.59. The summed E-state index contributed by atoms with van der Waals surface area (Å²) in [5.74, 6) is -1.85. The molecule has 0 aliphatic heterocycles. The maximum Gasteiger partial charge on any atom is 2.00 e. The van der Waals surface area contributed by atoms with Gasteiger partial charge in [0.25, 0.3) is 0 Å². The molecule has 0 aliphatic rings. The Morgan fingerprint density at radius 2 is 0.464 bits per heavy atom. The summed E-state index contributed by atoms with van der Waals surface area (Å²) < 4.78 is 11.2. The molecule has 0 fully saturated rings. The fourth-order valence-corrected chi connectivity index (χ4v) is 9.14. The second kappa shape index (κ2) is 60.8. The molecule has 9 heteroatoms. The van der Waals surface area contributed by atoms with Gasteiger partial charge >= 0.3 is 31.4 Å². The van der Waals surface area contributed by atoms with Gasteiger partial charge in [0.15, 0.2) is 0 Å². The number of unbranched alkanes of at least 4 members (excludes halogenated alkanes) is 40. The number of hydrogen-bond donors (Lipinski definition) is 0. The Morgan fingerprint density at radius 1 is 0.290 bits per heavy atom. The molecule has 0 heterocycles. The van der Waals surface area contributed by atoms with E-state index in [1.165, 1.54) is 205 Å². The number of ether oxygens (including phenoxy) is 2. The van der Waals surface area contributed by atoms with Gasteiger partial charge < -0.3 is 29.3 Å². The smallest absolute Gasteiger partial charge is 0.550 e. The van der Waals surface area contributed by atoms with E-state index in [0.29, 0.717) is 12.8 Å². The Bertz CT molecular complexity index is 988. The minimum absolute atomic E-state index is 0. The molecule has 0 radical (unpaired) electrons. The molecule has 0 aromatic heterocycles. The van der Waals surface area contributed by atoms with Crippen LogP contribution in [0.25, 0.3) is 0 Å². The fourth-order valence-electron chi connectivity index (χ4n) is 9.14. The first-order chi connectivity index (χ1) is 33.1. The largest absolute Gasteiger partial charge is 2.00 e. The van der Waals surface area contributed by atoms with Crippen LogP contribution in [0.4, 0.5) is 0 Å². The fraction of sp³-hybridized carbons (Fsp3) is 0.933. The Morgan fingerprint density at radius 3 is 0.667 bits per heavy atom. The topological polar surface area (TPSA) is 133 Å². The zero-order chi connectivity index (χ0) is 50.2. The Labute approximate surface area is 441 Å². The van der Waals surface area contributed by atoms with Crippen molar-refractivity contribution in [3.05, 3.63) is 0 Å². The van der Waals surface area contributed by atoms with E-state index >= 15 is 0 Å². The molecule has 8 nitrogen and oxygen atoms in total. The van der Waals surface area contributed by atoms with E-state index in [1.54, 1.807) is 0 Å². The molecule has 2 atom stereocenters. The maximum atomic E-state index is 12.0. The standard InChI is InChI=1S/2C30H58O4.Zn/c2*1-3-4-5-6-7-13-18-21-24-27-30(33)34-28(2)25-22-19-16-14-11-9-8-10-12-15-17-20-23-26-29(31)32;/h2*28H,3-27H2,1-2H3,(H,31,32);/q;;+2/p-2. The average Bonchev–Trinajstić information content (AvgIpc) is 3.30. The van der Waals surface area contributed by atoms with Gasteiger partial charge in [-0.15, -0.1) is 0 Å². The predicted octanol–water partition coefficient (Wildman–Crippen LogP) is 16.9. The number of rotatable bonds is 54. The van der Waals surface area contributed by atoms with E-state index < -0.39 is 11.9 Å². The minimum Gasteiger partial charge on any atom is -0.550 e. The van der Waals surface area contributed by atoms with E-state index in [1.807, 2.05) is 13.8 Å². The van der Waals surface area contributed by atoms with Crippen molar-refractivity contribution >= 4 is 23.9 Å². The molecule has 2 unspecified atom stereocenters. The second-order valence-electron chi connectivity index (χ2n) is 20.8. The van der Waals surface area contributed by atoms with Gasteiger partial charge in [-0.25, -0.2) is 0 Å². The molecule has 0 saturated carbocycles. The quantitative estimate of drug-likeness (QED) is 0.0334. The first kappa shape index (κ1) is 71.8. The molecule has 0 N–H and O–H groups in total. The summed E-state index contributed by atoms with van der Waals surface area (Å²) in [5, 5.41) is 20.7. The number of aliphatic carboxylic acids is 2. The molecule has 0 amide bonds. The van der Waals surface area contributed by atoms with E-state index in [0.717, 1.165) is 89.9 Å². The van der Waals surface area contributed by atoms with Crippen LogP contribution in [0, 0.1) is 0 Å². The summed E-state index contributed by atoms with van der Waals surface area (Å²) in [7, 11) is 0. The first-order valence-electron chi connectivity index (χ1n) is 29.9. The summed E-state index contributed by atoms with van der Waals surface area (Å²) >= 11 is 0. The zero-order valence-electron chi connectivity index (χ0n) is 46.5. The van der Waals surface area contributed by atoms with E-state index in [4.69, 9.17) is 9.47 Å². The molecule has 0 aliphatic carbocycles. The maximum absolute atomic E-state index is 12.0. The third-order valence-corrected chi connectivity index (χ3v) is 13.6. The summed E-state index contributed by atoms with van der Waals surface area (Å²) in [6, 6.07) is 0. The minimum atomic E-state index is -0.919. The van der Waals surface area contributed by atoms with Crippen LogP contribution in [0.15, 0.2) is 0 Å². The van der Waals surface area contributed by atoms with Gasteiger partial charge in [-0.2, -0.15) is 0 Å². The number of carbonyl (C=O) groups excluding carboxylic acids is 4. The zero-order valence-corrected chi connectivity index (χ0v) is 49.5. The number of esters is 2. The molecule has 69 heavy (non-hydrogen) atoms. The van der Waals surface area contributed by atoms with Crippen LogP contribution in [-0.2, 0) is 48.1 Å². The first-order valence-corrected chi connectivity index (χ1v) is 29.9. The van der Waals surface area contributed by atoms with Gasteiger partial charge in [-0.1, -0.05) is 258 Å². The average molecular weight is 1030 g/mol. The predicted molar refractivity (Wildman–Crippen MR) is 283 cm³/mol. The van der Waals surface area contributed by atoms with Crippen molar-refractivity contribution < 1.29 is 58.3 Å². The Kier molecular flexibility index (Phi) is 63.2. The molecule has 0 aromatic carbocycles. The van der Waals surface area contributed by atoms with Gasteiger partial charge in [0, 0.05) is 24.8 Å². The summed E-state index contributed by atoms with van der Waals surface area (Å²) in [4.78, 5) is 44.7. The van der Waals surface area contributed by atoms with Crippen molar-refractivity contribution in [1.29, 1.82) is 0 Å². The van der Waals surface area contributed by atoms with Crippen LogP contribution in [0.1, 0.15) is 349 Å². The van der Waals surface area contributed by atoms with Crippen molar-refractivity contribution in [2.45, 2.75) is 361 Å². The number of hydrogen-bond acceptors (Lipinski definition) is 8. The third-order valence-electron chi connectivity index (χ3n) is 13.6. The van der Waals surface area contributed by atoms with Gasteiger partial charge in [0.2, 0.25) is 0 Å². The van der Waals surface area contributed by atoms with Crippen LogP contribution in [0.3, 0.4) is 0 Å².